The van der Waals surface area contributed by atoms with E-state index < -0.39 is 0 Å². The Kier molecular flexibility index (Phi) is 5.54. The Labute approximate surface area is 159 Å². The fourth-order valence-electron chi connectivity index (χ4n) is 3.30. The number of aromatic nitrogens is 3. The van der Waals surface area contributed by atoms with Gasteiger partial charge in [0.05, 0.1) is 6.61 Å². The summed E-state index contributed by atoms with van der Waals surface area (Å²) in [5, 5.41) is 14.0. The van der Waals surface area contributed by atoms with Crippen LogP contribution >= 0.6 is 0 Å². The lowest BCUT2D eigenvalue weighted by atomic mass is 10.1. The maximum absolute atomic E-state index is 13.1. The summed E-state index contributed by atoms with van der Waals surface area (Å²) in [6, 6.07) is 7.82. The second-order valence-corrected chi connectivity index (χ2v) is 7.31. The third-order valence-corrected chi connectivity index (χ3v) is 4.70. The molecule has 6 nitrogen and oxygen atoms in total. The molecule has 3 rings (SSSR count). The lowest BCUT2D eigenvalue weighted by Crippen LogP contribution is -2.45. The van der Waals surface area contributed by atoms with Crippen LogP contribution in [0.3, 0.4) is 0 Å². The van der Waals surface area contributed by atoms with Crippen molar-refractivity contribution < 1.29 is 9.47 Å². The molecule has 0 bridgehead atoms. The van der Waals surface area contributed by atoms with Crippen LogP contribution in [0.1, 0.15) is 39.3 Å². The molecule has 27 heavy (non-hydrogen) atoms. The van der Waals surface area contributed by atoms with Gasteiger partial charge in [0.1, 0.15) is 0 Å². The highest BCUT2D eigenvalue weighted by Gasteiger charge is 2.29. The molecule has 144 valence electrons. The SMILES string of the molecule is CCCCOc1c(-c2c[nH]c3ccccc23)n(C)c(=O)c(CC(C)C)[n+]1[O-]. The van der Waals surface area contributed by atoms with Crippen molar-refractivity contribution in [1.82, 2.24) is 9.55 Å². The maximum Gasteiger partial charge on any atom is 0.405 e. The minimum atomic E-state index is -0.276. The van der Waals surface area contributed by atoms with Gasteiger partial charge in [0.25, 0.3) is 5.69 Å². The molecular weight excluding hydrogens is 342 g/mol. The van der Waals surface area contributed by atoms with Gasteiger partial charge in [-0.25, -0.2) is 0 Å². The largest absolute Gasteiger partial charge is 0.616 e. The number of benzene rings is 1. The standard InChI is InChI=1S/C21H27N3O3/c1-5-6-11-27-21-19(16-13-22-17-10-8-7-9-15(16)17)23(4)20(25)18(24(21)26)12-14(2)3/h7-10,13-14,22H,5-6,11-12H2,1-4H3. The number of nitrogens with one attached hydrogen (secondary N) is 1. The molecule has 0 atom stereocenters. The highest BCUT2D eigenvalue weighted by molar-refractivity contribution is 5.95. The van der Waals surface area contributed by atoms with Crippen molar-refractivity contribution in [3.05, 3.63) is 51.7 Å². The molecule has 6 heteroatoms. The molecule has 0 saturated heterocycles. The number of ether oxygens (including phenoxy) is 1. The summed E-state index contributed by atoms with van der Waals surface area (Å²) in [5.74, 6) is 0.395. The summed E-state index contributed by atoms with van der Waals surface area (Å²) in [6.45, 7) is 6.49. The summed E-state index contributed by atoms with van der Waals surface area (Å²) in [4.78, 5) is 16.1. The lowest BCUT2D eigenvalue weighted by molar-refractivity contribution is -0.622. The molecule has 1 N–H and O–H groups in total. The maximum atomic E-state index is 13.1. The van der Waals surface area contributed by atoms with Crippen LogP contribution in [0, 0.1) is 11.1 Å². The van der Waals surface area contributed by atoms with Gasteiger partial charge in [0.15, 0.2) is 5.69 Å². The Balaban J connectivity index is 2.26. The summed E-state index contributed by atoms with van der Waals surface area (Å²) < 4.78 is 8.16. The van der Waals surface area contributed by atoms with Crippen molar-refractivity contribution in [2.24, 2.45) is 13.0 Å². The van der Waals surface area contributed by atoms with E-state index in [0.717, 1.165) is 29.3 Å². The molecule has 0 fully saturated rings. The fraction of sp³-hybridized carbons (Fsp3) is 0.429. The van der Waals surface area contributed by atoms with Crippen LogP contribution in [-0.4, -0.2) is 16.2 Å². The quantitative estimate of drug-likeness (QED) is 0.393. The second-order valence-electron chi connectivity index (χ2n) is 7.31. The van der Waals surface area contributed by atoms with Gasteiger partial charge in [-0.05, 0) is 18.4 Å². The normalized spacial score (nSPS) is 11.4. The van der Waals surface area contributed by atoms with Crippen molar-refractivity contribution >= 4 is 10.9 Å². The van der Waals surface area contributed by atoms with Gasteiger partial charge in [-0.2, -0.15) is 0 Å². The van der Waals surface area contributed by atoms with Gasteiger partial charge in [0, 0.05) is 36.1 Å². The topological polar surface area (TPSA) is 74.0 Å². The number of hydrogen-bond donors (Lipinski definition) is 1. The Hall–Kier alpha value is -2.76. The zero-order valence-corrected chi connectivity index (χ0v) is 16.4. The number of nitrogens with zero attached hydrogens (tertiary/aromatic N) is 2. The molecule has 0 saturated carbocycles. The first-order valence-corrected chi connectivity index (χ1v) is 9.50. The molecule has 0 spiro atoms. The summed E-state index contributed by atoms with van der Waals surface area (Å²) >= 11 is 0. The van der Waals surface area contributed by atoms with Gasteiger partial charge >= 0.3 is 11.4 Å². The average Bonchev–Trinajstić information content (AvgIpc) is 3.07. The Morgan fingerprint density at radius 2 is 2.04 bits per heavy atom. The highest BCUT2D eigenvalue weighted by Crippen LogP contribution is 2.32. The lowest BCUT2D eigenvalue weighted by Gasteiger charge is -2.17. The van der Waals surface area contributed by atoms with Crippen molar-refractivity contribution in [3.63, 3.8) is 0 Å². The van der Waals surface area contributed by atoms with Crippen LogP contribution in [0.15, 0.2) is 35.3 Å². The molecule has 0 aliphatic heterocycles. The molecule has 0 aliphatic rings. The molecule has 0 amide bonds. The molecule has 0 unspecified atom stereocenters. The predicted molar refractivity (Wildman–Crippen MR) is 107 cm³/mol. The number of unbranched alkanes of at least 4 members (excludes halogenated alkanes) is 1. The molecule has 2 heterocycles. The minimum absolute atomic E-state index is 0.195. The van der Waals surface area contributed by atoms with Gasteiger partial charge < -0.3 is 14.9 Å². The predicted octanol–water partition coefficient (Wildman–Crippen LogP) is 3.54. The van der Waals surface area contributed by atoms with Crippen LogP contribution in [0.5, 0.6) is 5.88 Å². The number of para-hydroxylation sites is 1. The Morgan fingerprint density at radius 3 is 2.74 bits per heavy atom. The molecular formula is C21H27N3O3. The molecule has 3 aromatic rings. The van der Waals surface area contributed by atoms with Crippen LogP contribution in [0.2, 0.25) is 0 Å². The van der Waals surface area contributed by atoms with Crippen LogP contribution < -0.4 is 15.0 Å². The van der Waals surface area contributed by atoms with E-state index in [1.54, 1.807) is 11.6 Å². The summed E-state index contributed by atoms with van der Waals surface area (Å²) in [7, 11) is 1.70. The number of aromatic amines is 1. The van der Waals surface area contributed by atoms with E-state index in [4.69, 9.17) is 4.74 Å². The monoisotopic (exact) mass is 369 g/mol. The van der Waals surface area contributed by atoms with Crippen LogP contribution in [0.4, 0.5) is 0 Å². The summed E-state index contributed by atoms with van der Waals surface area (Å²) in [6.07, 6.45) is 4.05. The van der Waals surface area contributed by atoms with Gasteiger partial charge in [0.2, 0.25) is 0 Å². The van der Waals surface area contributed by atoms with E-state index in [2.05, 4.69) is 11.9 Å². The first-order valence-electron chi connectivity index (χ1n) is 9.50. The highest BCUT2D eigenvalue weighted by atomic mass is 16.6. The van der Waals surface area contributed by atoms with E-state index in [1.165, 1.54) is 0 Å². The number of hydrogen-bond acceptors (Lipinski definition) is 3. The van der Waals surface area contributed by atoms with E-state index in [-0.39, 0.29) is 23.1 Å². The van der Waals surface area contributed by atoms with Gasteiger partial charge in [-0.15, -0.1) is 4.73 Å². The van der Waals surface area contributed by atoms with Crippen molar-refractivity contribution in [2.45, 2.75) is 40.0 Å². The number of H-pyrrole nitrogens is 1. The fourth-order valence-corrected chi connectivity index (χ4v) is 3.30. The third-order valence-electron chi connectivity index (χ3n) is 4.70. The van der Waals surface area contributed by atoms with E-state index in [9.17, 15) is 10.0 Å². The van der Waals surface area contributed by atoms with E-state index >= 15 is 0 Å². The number of fused-ring (bicyclic) bond motifs is 1. The summed E-state index contributed by atoms with van der Waals surface area (Å²) in [5.41, 5.74) is 2.20. The number of rotatable bonds is 7. The van der Waals surface area contributed by atoms with Crippen LogP contribution in [0.25, 0.3) is 22.2 Å². The first-order chi connectivity index (χ1) is 13.0. The third kappa shape index (κ3) is 3.56. The van der Waals surface area contributed by atoms with Gasteiger partial charge in [-0.1, -0.05) is 45.4 Å². The van der Waals surface area contributed by atoms with E-state index in [0.29, 0.717) is 23.5 Å². The molecule has 1 aromatic carbocycles. The second kappa shape index (κ2) is 7.86. The van der Waals surface area contributed by atoms with Crippen LogP contribution in [-0.2, 0) is 13.5 Å². The minimum Gasteiger partial charge on any atom is -0.616 e. The molecule has 2 aromatic heterocycles. The van der Waals surface area contributed by atoms with Crippen molar-refractivity contribution in [1.29, 1.82) is 0 Å². The molecule has 0 aliphatic carbocycles. The average molecular weight is 369 g/mol. The Morgan fingerprint density at radius 1 is 1.30 bits per heavy atom. The smallest absolute Gasteiger partial charge is 0.405 e. The first kappa shape index (κ1) is 19.0. The zero-order chi connectivity index (χ0) is 19.6. The van der Waals surface area contributed by atoms with Gasteiger partial charge in [-0.3, -0.25) is 9.36 Å². The Bertz CT molecular complexity index is 1000. The zero-order valence-electron chi connectivity index (χ0n) is 16.4. The van der Waals surface area contributed by atoms with E-state index in [1.807, 2.05) is 44.3 Å². The molecule has 0 radical (unpaired) electrons. The van der Waals surface area contributed by atoms with Crippen molar-refractivity contribution in [2.75, 3.05) is 6.61 Å². The van der Waals surface area contributed by atoms with Crippen molar-refractivity contribution in [3.8, 4) is 17.1 Å².